The van der Waals surface area contributed by atoms with Gasteiger partial charge < -0.3 is 0 Å². The number of primary sulfonamides is 1. The topological polar surface area (TPSA) is 73.0 Å². The minimum absolute atomic E-state index is 0.133. The molecule has 1 aliphatic rings. The van der Waals surface area contributed by atoms with E-state index in [4.69, 9.17) is 5.14 Å². The van der Waals surface area contributed by atoms with E-state index in [-0.39, 0.29) is 4.90 Å². The number of rotatable bonds is 1. The van der Waals surface area contributed by atoms with Crippen LogP contribution in [0.15, 0.2) is 9.37 Å². The number of hydrogen-bond acceptors (Lipinski definition) is 3. The molecule has 0 fully saturated rings. The average molecular weight is 305 g/mol. The van der Waals surface area contributed by atoms with E-state index in [1.54, 1.807) is 6.92 Å². The molecule has 0 atom stereocenters. The monoisotopic (exact) mass is 304 g/mol. The van der Waals surface area contributed by atoms with E-state index < -0.39 is 10.0 Å². The van der Waals surface area contributed by atoms with E-state index in [0.29, 0.717) is 10.2 Å². The third-order valence-electron chi connectivity index (χ3n) is 2.82. The molecule has 0 bridgehead atoms. The van der Waals surface area contributed by atoms with E-state index in [1.165, 1.54) is 0 Å². The third-order valence-corrected chi connectivity index (χ3v) is 5.02. The maximum Gasteiger partial charge on any atom is 0.240 e. The van der Waals surface area contributed by atoms with Gasteiger partial charge in [-0.2, -0.15) is 0 Å². The Kier molecular flexibility index (Phi) is 3.07. The number of aryl methyl sites for hydroxylation is 2. The van der Waals surface area contributed by atoms with Gasteiger partial charge in [0.1, 0.15) is 4.90 Å². The second kappa shape index (κ2) is 4.09. The van der Waals surface area contributed by atoms with E-state index in [1.807, 2.05) is 0 Å². The summed E-state index contributed by atoms with van der Waals surface area (Å²) in [6.45, 7) is 1.68. The van der Waals surface area contributed by atoms with Gasteiger partial charge in [0.15, 0.2) is 0 Å². The number of nitrogens with zero attached hydrogens (tertiary/aromatic N) is 1. The summed E-state index contributed by atoms with van der Waals surface area (Å²) in [6, 6.07) is 0. The molecular formula is C10H13BrN2O2S. The van der Waals surface area contributed by atoms with Crippen LogP contribution in [0.2, 0.25) is 0 Å². The van der Waals surface area contributed by atoms with E-state index in [2.05, 4.69) is 20.9 Å². The van der Waals surface area contributed by atoms with Crippen molar-refractivity contribution in [3.63, 3.8) is 0 Å². The van der Waals surface area contributed by atoms with Crippen LogP contribution in [0.5, 0.6) is 0 Å². The van der Waals surface area contributed by atoms with Crippen molar-refractivity contribution in [1.29, 1.82) is 0 Å². The molecule has 2 N–H and O–H groups in total. The maximum absolute atomic E-state index is 11.5. The zero-order chi connectivity index (χ0) is 11.9. The van der Waals surface area contributed by atoms with Gasteiger partial charge in [0, 0.05) is 10.2 Å². The fraction of sp³-hybridized carbons (Fsp3) is 0.500. The fourth-order valence-corrected chi connectivity index (χ4v) is 4.35. The summed E-state index contributed by atoms with van der Waals surface area (Å²) in [4.78, 5) is 4.48. The number of pyridine rings is 1. The van der Waals surface area contributed by atoms with Crippen LogP contribution < -0.4 is 5.14 Å². The number of hydrogen-bond donors (Lipinski definition) is 1. The summed E-state index contributed by atoms with van der Waals surface area (Å²) < 4.78 is 23.5. The molecule has 16 heavy (non-hydrogen) atoms. The Morgan fingerprint density at radius 1 is 1.31 bits per heavy atom. The van der Waals surface area contributed by atoms with Crippen molar-refractivity contribution in [2.75, 3.05) is 0 Å². The molecule has 0 saturated heterocycles. The van der Waals surface area contributed by atoms with Gasteiger partial charge >= 0.3 is 0 Å². The Morgan fingerprint density at radius 2 is 1.94 bits per heavy atom. The van der Waals surface area contributed by atoms with E-state index >= 15 is 0 Å². The smallest absolute Gasteiger partial charge is 0.240 e. The molecular weight excluding hydrogens is 292 g/mol. The minimum atomic E-state index is -3.71. The highest BCUT2D eigenvalue weighted by atomic mass is 79.9. The summed E-state index contributed by atoms with van der Waals surface area (Å²) in [5.41, 5.74) is 2.49. The van der Waals surface area contributed by atoms with Gasteiger partial charge in [-0.25, -0.2) is 13.6 Å². The molecule has 0 saturated carbocycles. The molecule has 0 unspecified atom stereocenters. The molecule has 1 aromatic heterocycles. The van der Waals surface area contributed by atoms with Gasteiger partial charge in [0.25, 0.3) is 0 Å². The van der Waals surface area contributed by atoms with Crippen LogP contribution in [0.3, 0.4) is 0 Å². The first-order valence-electron chi connectivity index (χ1n) is 5.12. The van der Waals surface area contributed by atoms with Crippen LogP contribution in [-0.2, 0) is 22.9 Å². The Bertz CT molecular complexity index is 540. The molecule has 1 aliphatic carbocycles. The minimum Gasteiger partial charge on any atom is -0.256 e. The molecule has 88 valence electrons. The molecule has 4 nitrogen and oxygen atoms in total. The highest BCUT2D eigenvalue weighted by Gasteiger charge is 2.24. The third kappa shape index (κ3) is 2.01. The molecule has 2 rings (SSSR count). The highest BCUT2D eigenvalue weighted by Crippen LogP contribution is 2.33. The molecule has 0 spiro atoms. The van der Waals surface area contributed by atoms with Crippen LogP contribution in [0.4, 0.5) is 0 Å². The van der Waals surface area contributed by atoms with Crippen molar-refractivity contribution in [1.82, 2.24) is 4.98 Å². The molecule has 1 heterocycles. The predicted octanol–water partition coefficient (Wildman–Crippen LogP) is 1.68. The van der Waals surface area contributed by atoms with Crippen LogP contribution in [0.25, 0.3) is 0 Å². The first-order chi connectivity index (χ1) is 7.41. The molecule has 0 amide bonds. The largest absolute Gasteiger partial charge is 0.256 e. The first-order valence-corrected chi connectivity index (χ1v) is 7.46. The van der Waals surface area contributed by atoms with E-state index in [0.717, 1.165) is 36.9 Å². The van der Waals surface area contributed by atoms with Crippen LogP contribution in [-0.4, -0.2) is 13.4 Å². The summed E-state index contributed by atoms with van der Waals surface area (Å²) in [5.74, 6) is 0. The summed E-state index contributed by atoms with van der Waals surface area (Å²) >= 11 is 3.35. The summed E-state index contributed by atoms with van der Waals surface area (Å²) in [5, 5.41) is 5.19. The van der Waals surface area contributed by atoms with Crippen molar-refractivity contribution in [2.45, 2.75) is 37.5 Å². The van der Waals surface area contributed by atoms with Gasteiger partial charge in [0.05, 0.1) is 5.69 Å². The molecule has 6 heteroatoms. The van der Waals surface area contributed by atoms with Gasteiger partial charge in [0.2, 0.25) is 10.0 Å². The van der Waals surface area contributed by atoms with Gasteiger partial charge in [-0.15, -0.1) is 0 Å². The lowest BCUT2D eigenvalue weighted by Crippen LogP contribution is -2.18. The quantitative estimate of drug-likeness (QED) is 0.858. The van der Waals surface area contributed by atoms with Crippen molar-refractivity contribution in [2.24, 2.45) is 5.14 Å². The zero-order valence-electron chi connectivity index (χ0n) is 8.96. The summed E-state index contributed by atoms with van der Waals surface area (Å²) in [6.07, 6.45) is 3.96. The SMILES string of the molecule is Cc1nc2c(c(Br)c1S(N)(=O)=O)CCCC2. The van der Waals surface area contributed by atoms with Gasteiger partial charge in [-0.05, 0) is 54.1 Å². The summed E-state index contributed by atoms with van der Waals surface area (Å²) in [7, 11) is -3.71. The Balaban J connectivity index is 2.73. The highest BCUT2D eigenvalue weighted by molar-refractivity contribution is 9.10. The molecule has 0 radical (unpaired) electrons. The van der Waals surface area contributed by atoms with Crippen molar-refractivity contribution >= 4 is 26.0 Å². The lowest BCUT2D eigenvalue weighted by molar-refractivity contribution is 0.593. The maximum atomic E-state index is 11.5. The van der Waals surface area contributed by atoms with Crippen molar-refractivity contribution in [3.05, 3.63) is 21.4 Å². The molecule has 0 aromatic carbocycles. The van der Waals surface area contributed by atoms with E-state index in [9.17, 15) is 8.42 Å². The predicted molar refractivity (Wildman–Crippen MR) is 64.7 cm³/mol. The number of nitrogens with two attached hydrogens (primary N) is 1. The Labute approximate surface area is 103 Å². The van der Waals surface area contributed by atoms with Crippen molar-refractivity contribution in [3.8, 4) is 0 Å². The molecule has 0 aliphatic heterocycles. The first kappa shape index (κ1) is 12.0. The van der Waals surface area contributed by atoms with Gasteiger partial charge in [-0.1, -0.05) is 0 Å². The van der Waals surface area contributed by atoms with Crippen LogP contribution in [0, 0.1) is 6.92 Å². The zero-order valence-corrected chi connectivity index (χ0v) is 11.4. The normalized spacial score (nSPS) is 15.9. The lowest BCUT2D eigenvalue weighted by atomic mass is 9.96. The molecule has 1 aromatic rings. The fourth-order valence-electron chi connectivity index (χ4n) is 2.13. The van der Waals surface area contributed by atoms with Crippen LogP contribution in [0.1, 0.15) is 29.8 Å². The standard InChI is InChI=1S/C10H13BrN2O2S/c1-6-10(16(12,14)15)9(11)7-4-2-3-5-8(7)13-6/h2-5H2,1H3,(H2,12,14,15). The average Bonchev–Trinajstić information content (AvgIpc) is 2.15. The van der Waals surface area contributed by atoms with Crippen molar-refractivity contribution < 1.29 is 8.42 Å². The number of fused-ring (bicyclic) bond motifs is 1. The lowest BCUT2D eigenvalue weighted by Gasteiger charge is -2.19. The second-order valence-electron chi connectivity index (χ2n) is 4.02. The number of aromatic nitrogens is 1. The van der Waals surface area contributed by atoms with Crippen LogP contribution >= 0.6 is 15.9 Å². The second-order valence-corrected chi connectivity index (χ2v) is 6.31. The number of halogens is 1. The Morgan fingerprint density at radius 3 is 2.56 bits per heavy atom. The van der Waals surface area contributed by atoms with Gasteiger partial charge in [-0.3, -0.25) is 4.98 Å². The Hall–Kier alpha value is -0.460. The number of sulfonamides is 1.